The van der Waals surface area contributed by atoms with Gasteiger partial charge in [-0.05, 0) is 111 Å². The average Bonchev–Trinajstić information content (AvgIpc) is 3.42. The molecule has 2 heterocycles. The third-order valence-electron chi connectivity index (χ3n) is 12.6. The number of aromatic nitrogens is 1. The standard InChI is InChI=1S/C41H42F6N2O5/c1-3-39(52)20-18-30-27-9-7-23-22-24(8-10-25(23)26(27)17-19-38(30,39)2)53-34(50)15-16-35(51)54-37(32-6-4-5-21-48-32)29-11-13-31(40(42,43)44)36-28(29)12-14-33(49-36)41(45,46)47/h1,8,10-14,22,26-27,30,32,37,48,52H,4-7,9,15-21H2,2H3/t26-,27-,30+,32?,37?,38+,39+/m1/s1. The van der Waals surface area contributed by atoms with Gasteiger partial charge in [-0.1, -0.05) is 37.5 Å². The van der Waals surface area contributed by atoms with Crippen molar-refractivity contribution in [2.75, 3.05) is 6.54 Å². The second-order valence-corrected chi connectivity index (χ2v) is 15.5. The minimum Gasteiger partial charge on any atom is -0.456 e. The Bertz CT molecular complexity index is 1990. The number of alkyl halides is 6. The SMILES string of the molecule is C#C[C@]1(O)CC[C@H]2[C@@H]3CCc4cc(OC(=O)CCC(=O)OC(c5ccc(C(F)(F)F)c6nc(C(F)(F)F)ccc56)C5CCCCN5)ccc4[C@H]3CC[C@@]21C. The highest BCUT2D eigenvalue weighted by atomic mass is 19.4. The molecule has 7 nitrogen and oxygen atoms in total. The third-order valence-corrected chi connectivity index (χ3v) is 12.6. The fraction of sp³-hybridized carbons (Fsp3) is 0.537. The number of piperidine rings is 1. The van der Waals surface area contributed by atoms with Crippen molar-refractivity contribution >= 4 is 22.8 Å². The van der Waals surface area contributed by atoms with Gasteiger partial charge in [-0.25, -0.2) is 4.98 Å². The first-order valence-corrected chi connectivity index (χ1v) is 18.6. The fourth-order valence-electron chi connectivity index (χ4n) is 9.84. The second-order valence-electron chi connectivity index (χ2n) is 15.5. The molecule has 2 unspecified atom stereocenters. The van der Waals surface area contributed by atoms with Crippen LogP contribution in [0.1, 0.15) is 111 Å². The first kappa shape index (κ1) is 38.1. The monoisotopic (exact) mass is 756 g/mol. The molecule has 4 aliphatic rings. The minimum atomic E-state index is -4.99. The third kappa shape index (κ3) is 6.96. The van der Waals surface area contributed by atoms with Crippen LogP contribution in [0.25, 0.3) is 10.9 Å². The van der Waals surface area contributed by atoms with Gasteiger partial charge in [0.25, 0.3) is 0 Å². The summed E-state index contributed by atoms with van der Waals surface area (Å²) in [7, 11) is 0. The summed E-state index contributed by atoms with van der Waals surface area (Å²) in [6.45, 7) is 2.67. The summed E-state index contributed by atoms with van der Waals surface area (Å²) in [5.41, 5.74) is -2.72. The molecule has 0 amide bonds. The predicted molar refractivity (Wildman–Crippen MR) is 186 cm³/mol. The lowest BCUT2D eigenvalue weighted by atomic mass is 9.53. The minimum absolute atomic E-state index is 0.0769. The Morgan fingerprint density at radius 1 is 0.981 bits per heavy atom. The van der Waals surface area contributed by atoms with E-state index in [4.69, 9.17) is 15.9 Å². The summed E-state index contributed by atoms with van der Waals surface area (Å²) in [4.78, 5) is 29.5. The molecule has 0 spiro atoms. The van der Waals surface area contributed by atoms with Gasteiger partial charge in [0.05, 0.1) is 23.9 Å². The van der Waals surface area contributed by atoms with E-state index in [2.05, 4.69) is 23.1 Å². The van der Waals surface area contributed by atoms with Crippen LogP contribution in [0.5, 0.6) is 5.75 Å². The maximum Gasteiger partial charge on any atom is 0.433 e. The normalized spacial score (nSPS) is 28.6. The lowest BCUT2D eigenvalue weighted by Crippen LogP contribution is -2.50. The molecule has 3 aliphatic carbocycles. The number of rotatable bonds is 7. The zero-order chi connectivity index (χ0) is 38.6. The summed E-state index contributed by atoms with van der Waals surface area (Å²) in [6, 6.07) is 8.36. The quantitative estimate of drug-likeness (QED) is 0.108. The zero-order valence-electron chi connectivity index (χ0n) is 29.8. The van der Waals surface area contributed by atoms with Gasteiger partial charge in [-0.3, -0.25) is 9.59 Å². The molecule has 1 saturated heterocycles. The number of carbonyl (C=O) groups excluding carboxylic acids is 2. The fourth-order valence-corrected chi connectivity index (χ4v) is 9.84. The van der Waals surface area contributed by atoms with Crippen molar-refractivity contribution in [3.63, 3.8) is 0 Å². The predicted octanol–water partition coefficient (Wildman–Crippen LogP) is 8.61. The van der Waals surface area contributed by atoms with Gasteiger partial charge in [0.15, 0.2) is 0 Å². The van der Waals surface area contributed by atoms with Gasteiger partial charge in [0.1, 0.15) is 23.1 Å². The van der Waals surface area contributed by atoms with E-state index in [0.717, 1.165) is 62.6 Å². The van der Waals surface area contributed by atoms with Crippen LogP contribution < -0.4 is 10.1 Å². The number of hydrogen-bond donors (Lipinski definition) is 2. The maximum atomic E-state index is 13.9. The first-order chi connectivity index (χ1) is 25.5. The van der Waals surface area contributed by atoms with E-state index in [1.807, 2.05) is 12.1 Å². The van der Waals surface area contributed by atoms with Crippen molar-refractivity contribution in [1.29, 1.82) is 0 Å². The number of nitrogens with one attached hydrogen (secondary N) is 1. The molecule has 1 aliphatic heterocycles. The van der Waals surface area contributed by atoms with Gasteiger partial charge in [0.2, 0.25) is 0 Å². The molecule has 2 N–H and O–H groups in total. The van der Waals surface area contributed by atoms with Crippen LogP contribution in [0.15, 0.2) is 42.5 Å². The Hall–Kier alpha value is -4.15. The summed E-state index contributed by atoms with van der Waals surface area (Å²) >= 11 is 0. The number of aryl methyl sites for hydroxylation is 1. The topological polar surface area (TPSA) is 97.8 Å². The Labute approximate surface area is 309 Å². The Morgan fingerprint density at radius 2 is 1.76 bits per heavy atom. The van der Waals surface area contributed by atoms with Gasteiger partial charge in [0, 0.05) is 22.4 Å². The number of benzene rings is 2. The number of ether oxygens (including phenoxy) is 2. The van der Waals surface area contributed by atoms with Crippen LogP contribution in [0, 0.1) is 29.6 Å². The highest BCUT2D eigenvalue weighted by Gasteiger charge is 2.61. The van der Waals surface area contributed by atoms with Crippen molar-refractivity contribution in [2.24, 2.45) is 17.3 Å². The van der Waals surface area contributed by atoms with E-state index in [-0.39, 0.29) is 22.8 Å². The van der Waals surface area contributed by atoms with Crippen molar-refractivity contribution in [3.05, 3.63) is 70.4 Å². The van der Waals surface area contributed by atoms with E-state index in [1.165, 1.54) is 5.56 Å². The molecule has 13 heteroatoms. The van der Waals surface area contributed by atoms with Crippen molar-refractivity contribution in [2.45, 2.75) is 114 Å². The lowest BCUT2D eigenvalue weighted by Gasteiger charge is -2.52. The molecule has 0 bridgehead atoms. The number of aliphatic hydroxyl groups is 1. The van der Waals surface area contributed by atoms with Crippen LogP contribution >= 0.6 is 0 Å². The summed E-state index contributed by atoms with van der Waals surface area (Å²) < 4.78 is 93.8. The first-order valence-electron chi connectivity index (χ1n) is 18.6. The number of hydrogen-bond acceptors (Lipinski definition) is 7. The number of carbonyl (C=O) groups is 2. The molecule has 54 heavy (non-hydrogen) atoms. The smallest absolute Gasteiger partial charge is 0.433 e. The van der Waals surface area contributed by atoms with E-state index < -0.39 is 65.2 Å². The van der Waals surface area contributed by atoms with E-state index in [1.54, 1.807) is 6.07 Å². The number of halogens is 6. The van der Waals surface area contributed by atoms with Gasteiger partial charge in [-0.2, -0.15) is 26.3 Å². The van der Waals surface area contributed by atoms with Crippen LogP contribution in [0.2, 0.25) is 0 Å². The number of nitrogens with zero attached hydrogens (tertiary/aromatic N) is 1. The van der Waals surface area contributed by atoms with Crippen molar-refractivity contribution in [3.8, 4) is 18.1 Å². The van der Waals surface area contributed by atoms with Crippen LogP contribution in [-0.4, -0.2) is 40.2 Å². The van der Waals surface area contributed by atoms with E-state index >= 15 is 0 Å². The van der Waals surface area contributed by atoms with E-state index in [9.17, 15) is 41.0 Å². The Morgan fingerprint density at radius 3 is 2.46 bits per heavy atom. The Kier molecular flexibility index (Phi) is 10.0. The molecule has 1 aromatic heterocycles. The molecular weight excluding hydrogens is 714 g/mol. The molecule has 7 rings (SSSR count). The summed E-state index contributed by atoms with van der Waals surface area (Å²) in [6.07, 6.45) is 0.915. The molecule has 2 saturated carbocycles. The number of terminal acetylenes is 1. The number of esters is 2. The van der Waals surface area contributed by atoms with Crippen LogP contribution in [0.4, 0.5) is 26.3 Å². The van der Waals surface area contributed by atoms with Gasteiger partial charge >= 0.3 is 24.3 Å². The van der Waals surface area contributed by atoms with Crippen molar-refractivity contribution in [1.82, 2.24) is 10.3 Å². The highest BCUT2D eigenvalue weighted by Crippen LogP contribution is 2.64. The molecule has 3 fully saturated rings. The van der Waals surface area contributed by atoms with E-state index in [0.29, 0.717) is 55.0 Å². The molecule has 288 valence electrons. The molecule has 3 aromatic rings. The molecule has 7 atom stereocenters. The van der Waals surface area contributed by atoms with Gasteiger partial charge in [-0.15, -0.1) is 6.42 Å². The van der Waals surface area contributed by atoms with Gasteiger partial charge < -0.3 is 19.9 Å². The Balaban J connectivity index is 1.04. The lowest BCUT2D eigenvalue weighted by molar-refractivity contribution is -0.153. The second kappa shape index (κ2) is 14.2. The highest BCUT2D eigenvalue weighted by molar-refractivity contribution is 5.87. The summed E-state index contributed by atoms with van der Waals surface area (Å²) in [5, 5.41) is 14.2. The average molecular weight is 757 g/mol. The number of pyridine rings is 1. The number of fused-ring (bicyclic) bond motifs is 6. The van der Waals surface area contributed by atoms with Crippen LogP contribution in [0.3, 0.4) is 0 Å². The zero-order valence-corrected chi connectivity index (χ0v) is 29.8. The summed E-state index contributed by atoms with van der Waals surface area (Å²) in [5.74, 6) is 2.60. The largest absolute Gasteiger partial charge is 0.456 e. The molecular formula is C41H42F6N2O5. The maximum absolute atomic E-state index is 13.9. The molecule has 0 radical (unpaired) electrons. The van der Waals surface area contributed by atoms with Crippen molar-refractivity contribution < 1.29 is 50.5 Å². The van der Waals surface area contributed by atoms with Crippen LogP contribution in [-0.2, 0) is 33.1 Å². The molecule has 2 aromatic carbocycles.